The predicted octanol–water partition coefficient (Wildman–Crippen LogP) is -4.31. The molecule has 104 valence electrons. The van der Waals surface area contributed by atoms with Crippen LogP contribution in [-0.4, -0.2) is 29.5 Å². The quantitative estimate of drug-likeness (QED) is 0.178. The van der Waals surface area contributed by atoms with Crippen LogP contribution in [0.1, 0.15) is 7.43 Å². The average molecular weight is 408 g/mol. The van der Waals surface area contributed by atoms with Gasteiger partial charge in [0.15, 0.2) is 0 Å². The first kappa shape index (κ1) is 31.2. The standard InChI is InChI=1S/CH4.8H2O.4O.4Ti/h1H4;8*1H2;;;;;;;;/q;;;;;;;;;;;;;4*+2/p-8. The summed E-state index contributed by atoms with van der Waals surface area (Å²) in [6.07, 6.45) is 0. The van der Waals surface area contributed by atoms with E-state index in [4.69, 9.17) is 42.8 Å². The fourth-order valence-electron chi connectivity index (χ4n) is 0. The van der Waals surface area contributed by atoms with Crippen LogP contribution >= 0.6 is 0 Å². The molecule has 0 spiro atoms. The van der Waals surface area contributed by atoms with Gasteiger partial charge < -0.3 is 0 Å². The molecule has 0 aliphatic rings. The van der Waals surface area contributed by atoms with Gasteiger partial charge in [-0.3, -0.25) is 0 Å². The Hall–Kier alpha value is 1.74. The third-order valence-electron chi connectivity index (χ3n) is 0. The van der Waals surface area contributed by atoms with Gasteiger partial charge in [-0.25, -0.2) is 0 Å². The molecule has 0 atom stereocenters. The van der Waals surface area contributed by atoms with Crippen molar-refractivity contribution in [3.8, 4) is 0 Å². The molecule has 0 saturated heterocycles. The Morgan fingerprint density at radius 1 is 0.412 bits per heavy atom. The van der Waals surface area contributed by atoms with E-state index in [0.717, 1.165) is 0 Å². The van der Waals surface area contributed by atoms with Crippen LogP contribution < -0.4 is 0 Å². The first-order valence-electron chi connectivity index (χ1n) is 2.61. The van der Waals surface area contributed by atoms with E-state index in [1.54, 1.807) is 0 Å². The summed E-state index contributed by atoms with van der Waals surface area (Å²) >= 11 is -14.3. The summed E-state index contributed by atoms with van der Waals surface area (Å²) in [5.41, 5.74) is 0. The van der Waals surface area contributed by atoms with Gasteiger partial charge in [-0.1, -0.05) is 7.43 Å². The van der Waals surface area contributed by atoms with E-state index in [2.05, 4.69) is 0 Å². The van der Waals surface area contributed by atoms with Crippen molar-refractivity contribution in [2.75, 3.05) is 0 Å². The van der Waals surface area contributed by atoms with Gasteiger partial charge in [0.25, 0.3) is 0 Å². The molecule has 0 bridgehead atoms. The molecule has 0 saturated carbocycles. The Labute approximate surface area is 123 Å². The van der Waals surface area contributed by atoms with Gasteiger partial charge in [0.2, 0.25) is 0 Å². The van der Waals surface area contributed by atoms with Crippen LogP contribution in [0.2, 0.25) is 0 Å². The van der Waals surface area contributed by atoms with Crippen molar-refractivity contribution in [1.29, 1.82) is 0 Å². The Kier molecular flexibility index (Phi) is 48.4. The Bertz CT molecular complexity index is 159. The van der Waals surface area contributed by atoms with Crippen LogP contribution in [-0.2, 0) is 87.8 Å². The summed E-state index contributed by atoms with van der Waals surface area (Å²) in [5, 5.41) is 0. The van der Waals surface area contributed by atoms with Crippen molar-refractivity contribution in [3.05, 3.63) is 0 Å². The monoisotopic (exact) mass is 408 g/mol. The summed E-state index contributed by atoms with van der Waals surface area (Å²) in [6.45, 7) is 0. The molecule has 0 rings (SSSR count). The molecule has 0 heterocycles. The van der Waals surface area contributed by atoms with Crippen molar-refractivity contribution in [2.45, 2.75) is 7.43 Å². The average Bonchev–Trinajstić information content (AvgIpc) is 1.76. The second-order valence-electron chi connectivity index (χ2n) is 1.13. The fourth-order valence-corrected chi connectivity index (χ4v) is 0. The Morgan fingerprint density at radius 2 is 0.412 bits per heavy atom. The van der Waals surface area contributed by atoms with Gasteiger partial charge in [-0.15, -0.1) is 0 Å². The maximum absolute atomic E-state index is 8.81. The molecule has 8 N–H and O–H groups in total. The summed E-state index contributed by atoms with van der Waals surface area (Å²) < 4.78 is 93.0. The van der Waals surface area contributed by atoms with Crippen molar-refractivity contribution in [1.82, 2.24) is 0 Å². The third kappa shape index (κ3) is 1460. The number of hydrogen-bond donors (Lipinski definition) is 8. The molecule has 0 aliphatic carbocycles. The molecule has 0 aromatic carbocycles. The Balaban J connectivity index is -0.0000000369. The summed E-state index contributed by atoms with van der Waals surface area (Å²) in [7, 11) is 0. The van der Waals surface area contributed by atoms with Crippen LogP contribution in [0.3, 0.4) is 0 Å². The molecule has 0 aromatic heterocycles. The third-order valence-corrected chi connectivity index (χ3v) is 0. The molecular weight excluding hydrogens is 395 g/mol. The van der Waals surface area contributed by atoms with E-state index in [1.165, 1.54) is 0 Å². The van der Waals surface area contributed by atoms with Crippen LogP contribution in [0, 0.1) is 0 Å². The summed E-state index contributed by atoms with van der Waals surface area (Å²) in [5.74, 6) is 0. The van der Waals surface area contributed by atoms with Crippen LogP contribution in [0.4, 0.5) is 0 Å². The number of hydrogen-bond acceptors (Lipinski definition) is 4. The zero-order valence-electron chi connectivity index (χ0n) is 7.21. The molecule has 17 heavy (non-hydrogen) atoms. The minimum absolute atomic E-state index is 0. The van der Waals surface area contributed by atoms with Gasteiger partial charge in [0, 0.05) is 0 Å². The van der Waals surface area contributed by atoms with Gasteiger partial charge in [0.1, 0.15) is 0 Å². The van der Waals surface area contributed by atoms with Crippen molar-refractivity contribution in [2.24, 2.45) is 0 Å². The topological polar surface area (TPSA) is 230 Å². The van der Waals surface area contributed by atoms with Gasteiger partial charge in [-0.05, 0) is 0 Å². The van der Waals surface area contributed by atoms with E-state index in [0.29, 0.717) is 0 Å². The summed E-state index contributed by atoms with van der Waals surface area (Å²) in [6, 6.07) is 0. The molecule has 0 unspecified atom stereocenters. The predicted molar refractivity (Wildman–Crippen MR) is 27.2 cm³/mol. The molecule has 16 heteroatoms. The van der Waals surface area contributed by atoms with Crippen LogP contribution in [0.5, 0.6) is 0 Å². The molecular formula is CH12O12Ti4. The second kappa shape index (κ2) is 26.3. The fraction of sp³-hybridized carbons (Fsp3) is 1.00. The van der Waals surface area contributed by atoms with E-state index >= 15 is 0 Å². The molecule has 0 fully saturated rings. The van der Waals surface area contributed by atoms with Crippen LogP contribution in [0.15, 0.2) is 0 Å². The molecule has 0 aliphatic heterocycles. The van der Waals surface area contributed by atoms with Crippen molar-refractivity contribution in [3.63, 3.8) is 0 Å². The number of rotatable bonds is 0. The zero-order valence-corrected chi connectivity index (χ0v) is 13.5. The first-order chi connectivity index (χ1) is 6.93. The van der Waals surface area contributed by atoms with Gasteiger partial charge in [-0.2, -0.15) is 0 Å². The van der Waals surface area contributed by atoms with E-state index < -0.39 is 74.5 Å². The minimum atomic E-state index is -3.58. The normalized spacial score (nSPS) is 6.12. The van der Waals surface area contributed by atoms with Crippen LogP contribution in [0.25, 0.3) is 0 Å². The zero-order chi connectivity index (χ0) is 14.3. The first-order valence-corrected chi connectivity index (χ1v) is 10.7. The molecule has 0 radical (unpaired) electrons. The molecule has 12 nitrogen and oxygen atoms in total. The SMILES string of the molecule is C.[O]=[Ti]([OH])[OH].[O]=[Ti]([OH])[OH].[O]=[Ti]([OH])[OH].[O]=[Ti]([OH])[OH]. The Morgan fingerprint density at radius 3 is 0.412 bits per heavy atom. The van der Waals surface area contributed by atoms with E-state index in [1.807, 2.05) is 0 Å². The van der Waals surface area contributed by atoms with Crippen molar-refractivity contribution >= 4 is 0 Å². The van der Waals surface area contributed by atoms with Gasteiger partial charge >= 0.3 is 117 Å². The van der Waals surface area contributed by atoms with E-state index in [-0.39, 0.29) is 7.43 Å². The maximum atomic E-state index is 8.81. The molecule has 0 aromatic rings. The molecule has 0 amide bonds. The summed E-state index contributed by atoms with van der Waals surface area (Å²) in [4.78, 5) is 0. The van der Waals surface area contributed by atoms with Gasteiger partial charge in [0.05, 0.1) is 0 Å². The second-order valence-corrected chi connectivity index (χ2v) is 4.66. The van der Waals surface area contributed by atoms with Crippen molar-refractivity contribution < 1.29 is 117 Å². The van der Waals surface area contributed by atoms with E-state index in [9.17, 15) is 0 Å².